The van der Waals surface area contributed by atoms with Gasteiger partial charge in [0.2, 0.25) is 5.91 Å². The lowest BCUT2D eigenvalue weighted by Gasteiger charge is -2.18. The molecular weight excluding hydrogens is 266 g/mol. The van der Waals surface area contributed by atoms with E-state index in [0.29, 0.717) is 13.1 Å². The van der Waals surface area contributed by atoms with Gasteiger partial charge in [0, 0.05) is 13.1 Å². The summed E-state index contributed by atoms with van der Waals surface area (Å²) in [6.45, 7) is 4.78. The molecule has 1 unspecified atom stereocenters. The quantitative estimate of drug-likeness (QED) is 0.855. The Morgan fingerprint density at radius 1 is 1.21 bits per heavy atom. The molecule has 0 spiro atoms. The second kappa shape index (κ2) is 7.04. The summed E-state index contributed by atoms with van der Waals surface area (Å²) in [7, 11) is -1.64. The smallest absolute Gasteiger partial charge is 0.336 e. The van der Waals surface area contributed by atoms with Crippen LogP contribution in [0.15, 0.2) is 29.2 Å². The van der Waals surface area contributed by atoms with Crippen molar-refractivity contribution in [3.8, 4) is 0 Å². The van der Waals surface area contributed by atoms with Crippen LogP contribution in [0.3, 0.4) is 0 Å². The zero-order valence-electron chi connectivity index (χ0n) is 11.0. The molecule has 0 fully saturated rings. The van der Waals surface area contributed by atoms with E-state index in [4.69, 9.17) is 5.11 Å². The van der Waals surface area contributed by atoms with E-state index in [2.05, 4.69) is 0 Å². The fourth-order valence-corrected chi connectivity index (χ4v) is 2.89. The number of hydrogen-bond acceptors (Lipinski definition) is 3. The highest BCUT2D eigenvalue weighted by Gasteiger charge is 2.19. The highest BCUT2D eigenvalue weighted by Crippen LogP contribution is 2.14. The maximum Gasteiger partial charge on any atom is 0.336 e. The van der Waals surface area contributed by atoms with Gasteiger partial charge in [-0.2, -0.15) is 0 Å². The van der Waals surface area contributed by atoms with Crippen LogP contribution in [0.1, 0.15) is 24.2 Å². The van der Waals surface area contributed by atoms with E-state index in [1.54, 1.807) is 17.0 Å². The van der Waals surface area contributed by atoms with Crippen molar-refractivity contribution in [1.82, 2.24) is 4.90 Å². The number of carbonyl (C=O) groups is 2. The third-order valence-corrected chi connectivity index (χ3v) is 4.09. The number of carboxylic acids is 1. The van der Waals surface area contributed by atoms with Crippen LogP contribution in [-0.4, -0.2) is 44.9 Å². The van der Waals surface area contributed by atoms with Gasteiger partial charge in [-0.1, -0.05) is 12.1 Å². The monoisotopic (exact) mass is 283 g/mol. The molecule has 104 valence electrons. The van der Waals surface area contributed by atoms with Crippen LogP contribution >= 0.6 is 0 Å². The lowest BCUT2D eigenvalue weighted by atomic mass is 10.2. The Morgan fingerprint density at radius 2 is 1.79 bits per heavy atom. The summed E-state index contributed by atoms with van der Waals surface area (Å²) in [6.07, 6.45) is 0. The molecule has 0 radical (unpaired) electrons. The van der Waals surface area contributed by atoms with Crippen LogP contribution in [0.4, 0.5) is 0 Å². The number of carboxylic acid groups (broad SMARTS) is 1. The molecule has 19 heavy (non-hydrogen) atoms. The predicted octanol–water partition coefficient (Wildman–Crippen LogP) is 1.36. The van der Waals surface area contributed by atoms with Gasteiger partial charge in [0.15, 0.2) is 0 Å². The van der Waals surface area contributed by atoms with Crippen LogP contribution in [0.25, 0.3) is 0 Å². The number of benzene rings is 1. The van der Waals surface area contributed by atoms with E-state index in [9.17, 15) is 13.8 Å². The second-order valence-corrected chi connectivity index (χ2v) is 5.28. The summed E-state index contributed by atoms with van der Waals surface area (Å²) in [5.41, 5.74) is -0.0202. The summed E-state index contributed by atoms with van der Waals surface area (Å²) < 4.78 is 12.1. The molecule has 0 saturated heterocycles. The van der Waals surface area contributed by atoms with Crippen molar-refractivity contribution in [2.45, 2.75) is 18.7 Å². The highest BCUT2D eigenvalue weighted by atomic mass is 32.2. The summed E-state index contributed by atoms with van der Waals surface area (Å²) in [5.74, 6) is -1.56. The standard InChI is InChI=1S/C13H17NO4S/c1-3-14(4-2)12(15)9-19(18)11-8-6-5-7-10(11)13(16)17/h5-8H,3-4,9H2,1-2H3,(H,16,17). The predicted molar refractivity (Wildman–Crippen MR) is 72.6 cm³/mol. The minimum Gasteiger partial charge on any atom is -0.478 e. The number of rotatable bonds is 6. The van der Waals surface area contributed by atoms with Crippen LogP contribution in [0, 0.1) is 0 Å². The Bertz CT molecular complexity index is 497. The summed E-state index contributed by atoms with van der Waals surface area (Å²) in [5, 5.41) is 9.02. The van der Waals surface area contributed by atoms with Gasteiger partial charge in [-0.15, -0.1) is 0 Å². The van der Waals surface area contributed by atoms with Gasteiger partial charge < -0.3 is 10.0 Å². The molecule has 1 rings (SSSR count). The minimum absolute atomic E-state index is 0.0202. The molecule has 1 N–H and O–H groups in total. The largest absolute Gasteiger partial charge is 0.478 e. The lowest BCUT2D eigenvalue weighted by molar-refractivity contribution is -0.128. The summed E-state index contributed by atoms with van der Waals surface area (Å²) >= 11 is 0. The third kappa shape index (κ3) is 3.89. The zero-order chi connectivity index (χ0) is 14.4. The van der Waals surface area contributed by atoms with Crippen molar-refractivity contribution in [1.29, 1.82) is 0 Å². The summed E-state index contributed by atoms with van der Waals surface area (Å²) in [4.78, 5) is 24.6. The van der Waals surface area contributed by atoms with Crippen molar-refractivity contribution in [3.63, 3.8) is 0 Å². The third-order valence-electron chi connectivity index (χ3n) is 2.73. The van der Waals surface area contributed by atoms with E-state index >= 15 is 0 Å². The Labute approximate surface area is 114 Å². The maximum absolute atomic E-state index is 12.1. The molecular formula is C13H17NO4S. The van der Waals surface area contributed by atoms with Gasteiger partial charge >= 0.3 is 5.97 Å². The van der Waals surface area contributed by atoms with Crippen molar-refractivity contribution >= 4 is 22.7 Å². The first-order valence-corrected chi connectivity index (χ1v) is 7.31. The molecule has 5 nitrogen and oxygen atoms in total. The number of nitrogens with zero attached hydrogens (tertiary/aromatic N) is 1. The topological polar surface area (TPSA) is 74.7 Å². The van der Waals surface area contributed by atoms with Gasteiger partial charge in [-0.05, 0) is 26.0 Å². The zero-order valence-corrected chi connectivity index (χ0v) is 11.8. The first-order valence-electron chi connectivity index (χ1n) is 5.99. The van der Waals surface area contributed by atoms with Gasteiger partial charge in [0.05, 0.1) is 21.3 Å². The molecule has 1 aromatic carbocycles. The van der Waals surface area contributed by atoms with Crippen molar-refractivity contribution in [3.05, 3.63) is 29.8 Å². The SMILES string of the molecule is CCN(CC)C(=O)CS(=O)c1ccccc1C(=O)O. The molecule has 1 aromatic rings. The number of amides is 1. The molecule has 0 aliphatic rings. The number of aromatic carboxylic acids is 1. The van der Waals surface area contributed by atoms with Crippen molar-refractivity contribution in [2.75, 3.05) is 18.8 Å². The van der Waals surface area contributed by atoms with E-state index < -0.39 is 16.8 Å². The average Bonchev–Trinajstić information content (AvgIpc) is 2.40. The van der Waals surface area contributed by atoms with Crippen molar-refractivity contribution in [2.24, 2.45) is 0 Å². The first kappa shape index (κ1) is 15.4. The van der Waals surface area contributed by atoms with Crippen LogP contribution < -0.4 is 0 Å². The van der Waals surface area contributed by atoms with Crippen LogP contribution in [-0.2, 0) is 15.6 Å². The van der Waals surface area contributed by atoms with Gasteiger partial charge in [-0.25, -0.2) is 4.79 Å². The normalized spacial score (nSPS) is 11.9. The Hall–Kier alpha value is -1.69. The Balaban J connectivity index is 2.90. The molecule has 0 heterocycles. The highest BCUT2D eigenvalue weighted by molar-refractivity contribution is 7.85. The van der Waals surface area contributed by atoms with E-state index in [-0.39, 0.29) is 22.1 Å². The average molecular weight is 283 g/mol. The molecule has 0 aliphatic heterocycles. The van der Waals surface area contributed by atoms with E-state index in [0.717, 1.165) is 0 Å². The van der Waals surface area contributed by atoms with Gasteiger partial charge in [0.25, 0.3) is 0 Å². The van der Waals surface area contributed by atoms with E-state index in [1.165, 1.54) is 12.1 Å². The fourth-order valence-electron chi connectivity index (χ4n) is 1.70. The van der Waals surface area contributed by atoms with Crippen molar-refractivity contribution < 1.29 is 18.9 Å². The fraction of sp³-hybridized carbons (Fsp3) is 0.385. The van der Waals surface area contributed by atoms with Gasteiger partial charge in [0.1, 0.15) is 5.75 Å². The van der Waals surface area contributed by atoms with Gasteiger partial charge in [-0.3, -0.25) is 9.00 Å². The Kier molecular flexibility index (Phi) is 5.69. The maximum atomic E-state index is 12.1. The summed E-state index contributed by atoms with van der Waals surface area (Å²) in [6, 6.07) is 6.05. The molecule has 1 atom stereocenters. The number of hydrogen-bond donors (Lipinski definition) is 1. The molecule has 1 amide bonds. The van der Waals surface area contributed by atoms with E-state index in [1.807, 2.05) is 13.8 Å². The molecule has 0 aromatic heterocycles. The van der Waals surface area contributed by atoms with Crippen LogP contribution in [0.5, 0.6) is 0 Å². The lowest BCUT2D eigenvalue weighted by Crippen LogP contribution is -2.34. The Morgan fingerprint density at radius 3 is 2.32 bits per heavy atom. The molecule has 0 saturated carbocycles. The first-order chi connectivity index (χ1) is 9.01. The minimum atomic E-state index is -1.64. The molecule has 0 aliphatic carbocycles. The molecule has 6 heteroatoms. The second-order valence-electron chi connectivity index (χ2n) is 3.86. The molecule has 0 bridgehead atoms. The number of carbonyl (C=O) groups excluding carboxylic acids is 1. The van der Waals surface area contributed by atoms with Crippen LogP contribution in [0.2, 0.25) is 0 Å².